The summed E-state index contributed by atoms with van der Waals surface area (Å²) in [6, 6.07) is 17.1. The smallest absolute Gasteiger partial charge is 0.150 e. The molecule has 0 unspecified atom stereocenters. The SMILES string of the molecule is Fc1cccc(ON(Cc2ccccc2)C2CCCCCC2)c1. The molecular formula is C20H24FNO. The van der Waals surface area contributed by atoms with E-state index in [9.17, 15) is 4.39 Å². The third-order valence-corrected chi connectivity index (χ3v) is 4.43. The van der Waals surface area contributed by atoms with Gasteiger partial charge in [-0.15, -0.1) is 5.06 Å². The highest BCUT2D eigenvalue weighted by atomic mass is 19.1. The summed E-state index contributed by atoms with van der Waals surface area (Å²) in [5.74, 6) is 0.313. The van der Waals surface area contributed by atoms with E-state index in [1.165, 1.54) is 43.4 Å². The predicted octanol–water partition coefficient (Wildman–Crippen LogP) is 5.34. The molecule has 2 nitrogen and oxygen atoms in total. The molecule has 0 heterocycles. The maximum atomic E-state index is 13.5. The fraction of sp³-hybridized carbons (Fsp3) is 0.400. The molecule has 23 heavy (non-hydrogen) atoms. The minimum Gasteiger partial charge on any atom is -0.405 e. The summed E-state index contributed by atoms with van der Waals surface area (Å²) in [6.07, 6.45) is 7.36. The first-order valence-corrected chi connectivity index (χ1v) is 8.55. The van der Waals surface area contributed by atoms with E-state index in [2.05, 4.69) is 17.2 Å². The van der Waals surface area contributed by atoms with Gasteiger partial charge < -0.3 is 4.84 Å². The molecule has 0 spiro atoms. The second-order valence-corrected chi connectivity index (χ2v) is 6.25. The van der Waals surface area contributed by atoms with E-state index < -0.39 is 0 Å². The molecule has 122 valence electrons. The molecule has 1 aliphatic carbocycles. The number of rotatable bonds is 5. The Morgan fingerprint density at radius 2 is 1.65 bits per heavy atom. The van der Waals surface area contributed by atoms with Crippen LogP contribution in [0.3, 0.4) is 0 Å². The largest absolute Gasteiger partial charge is 0.405 e. The van der Waals surface area contributed by atoms with Crippen LogP contribution in [0.25, 0.3) is 0 Å². The number of nitrogens with zero attached hydrogens (tertiary/aromatic N) is 1. The minimum absolute atomic E-state index is 0.261. The maximum absolute atomic E-state index is 13.5. The Bertz CT molecular complexity index is 594. The van der Waals surface area contributed by atoms with Crippen LogP contribution in [-0.4, -0.2) is 11.1 Å². The Kier molecular flexibility index (Phi) is 5.65. The Morgan fingerprint density at radius 1 is 0.913 bits per heavy atom. The van der Waals surface area contributed by atoms with Crippen molar-refractivity contribution in [1.82, 2.24) is 5.06 Å². The third-order valence-electron chi connectivity index (χ3n) is 4.43. The van der Waals surface area contributed by atoms with E-state index in [1.54, 1.807) is 6.07 Å². The van der Waals surface area contributed by atoms with Crippen molar-refractivity contribution in [2.75, 3.05) is 0 Å². The van der Waals surface area contributed by atoms with E-state index >= 15 is 0 Å². The molecule has 2 aromatic rings. The van der Waals surface area contributed by atoms with Crippen molar-refractivity contribution in [2.45, 2.75) is 51.1 Å². The second-order valence-electron chi connectivity index (χ2n) is 6.25. The van der Waals surface area contributed by atoms with Crippen molar-refractivity contribution in [3.05, 3.63) is 66.0 Å². The van der Waals surface area contributed by atoms with Crippen molar-refractivity contribution < 1.29 is 9.23 Å². The molecular weight excluding hydrogens is 289 g/mol. The van der Waals surface area contributed by atoms with Gasteiger partial charge in [-0.1, -0.05) is 62.1 Å². The molecule has 0 saturated heterocycles. The predicted molar refractivity (Wildman–Crippen MR) is 90.5 cm³/mol. The normalized spacial score (nSPS) is 16.3. The van der Waals surface area contributed by atoms with Crippen LogP contribution in [0.2, 0.25) is 0 Å². The number of halogens is 1. The van der Waals surface area contributed by atoms with Gasteiger partial charge in [0.25, 0.3) is 0 Å². The zero-order valence-electron chi connectivity index (χ0n) is 13.5. The molecule has 0 N–H and O–H groups in total. The summed E-state index contributed by atoms with van der Waals surface area (Å²) in [5.41, 5.74) is 1.22. The highest BCUT2D eigenvalue weighted by Gasteiger charge is 2.22. The van der Waals surface area contributed by atoms with Gasteiger partial charge in [-0.2, -0.15) is 0 Å². The molecule has 3 rings (SSSR count). The summed E-state index contributed by atoms with van der Waals surface area (Å²) in [7, 11) is 0. The molecule has 1 saturated carbocycles. The maximum Gasteiger partial charge on any atom is 0.150 e. The standard InChI is InChI=1S/C20H24FNO/c21-18-11-8-14-20(15-18)23-22(16-17-9-4-3-5-10-17)19-12-6-1-2-7-13-19/h3-5,8-11,14-15,19H,1-2,6-7,12-13,16H2. The Morgan fingerprint density at radius 3 is 2.35 bits per heavy atom. The lowest BCUT2D eigenvalue weighted by Crippen LogP contribution is -2.37. The summed E-state index contributed by atoms with van der Waals surface area (Å²) in [5, 5.41) is 2.05. The van der Waals surface area contributed by atoms with Gasteiger partial charge >= 0.3 is 0 Å². The molecule has 0 aliphatic heterocycles. The molecule has 0 aromatic heterocycles. The molecule has 0 amide bonds. The van der Waals surface area contributed by atoms with Gasteiger partial charge in [0.1, 0.15) is 11.6 Å². The topological polar surface area (TPSA) is 12.5 Å². The van der Waals surface area contributed by atoms with Crippen molar-refractivity contribution in [3.63, 3.8) is 0 Å². The lowest BCUT2D eigenvalue weighted by molar-refractivity contribution is -0.108. The van der Waals surface area contributed by atoms with Gasteiger partial charge in [0.05, 0.1) is 6.54 Å². The van der Waals surface area contributed by atoms with Crippen molar-refractivity contribution >= 4 is 0 Å². The molecule has 3 heteroatoms. The number of hydrogen-bond acceptors (Lipinski definition) is 2. The first-order chi connectivity index (χ1) is 11.3. The highest BCUT2D eigenvalue weighted by Crippen LogP contribution is 2.25. The van der Waals surface area contributed by atoms with Crippen LogP contribution in [0.4, 0.5) is 4.39 Å². The average molecular weight is 313 g/mol. The number of hydrogen-bond donors (Lipinski definition) is 0. The van der Waals surface area contributed by atoms with Crippen LogP contribution in [-0.2, 0) is 6.54 Å². The molecule has 0 atom stereocenters. The number of benzene rings is 2. The third kappa shape index (κ3) is 4.80. The molecule has 0 radical (unpaired) electrons. The van der Waals surface area contributed by atoms with E-state index in [4.69, 9.17) is 4.84 Å². The van der Waals surface area contributed by atoms with Gasteiger partial charge in [-0.25, -0.2) is 4.39 Å². The first kappa shape index (κ1) is 16.0. The van der Waals surface area contributed by atoms with Gasteiger partial charge in [-0.05, 0) is 30.5 Å². The lowest BCUT2D eigenvalue weighted by atomic mass is 10.1. The second kappa shape index (κ2) is 8.11. The molecule has 2 aromatic carbocycles. The molecule has 0 bridgehead atoms. The van der Waals surface area contributed by atoms with E-state index in [0.29, 0.717) is 11.8 Å². The summed E-state index contributed by atoms with van der Waals surface area (Å²) < 4.78 is 13.5. The van der Waals surface area contributed by atoms with Crippen molar-refractivity contribution in [3.8, 4) is 5.75 Å². The van der Waals surface area contributed by atoms with E-state index in [-0.39, 0.29) is 5.82 Å². The Hall–Kier alpha value is -1.87. The van der Waals surface area contributed by atoms with Gasteiger partial charge in [0.15, 0.2) is 0 Å². The van der Waals surface area contributed by atoms with Crippen LogP contribution in [0, 0.1) is 5.82 Å². The fourth-order valence-corrected chi connectivity index (χ4v) is 3.20. The molecule has 1 aliphatic rings. The van der Waals surface area contributed by atoms with Crippen molar-refractivity contribution in [2.24, 2.45) is 0 Å². The fourth-order valence-electron chi connectivity index (χ4n) is 3.20. The van der Waals surface area contributed by atoms with Crippen LogP contribution >= 0.6 is 0 Å². The minimum atomic E-state index is -0.261. The lowest BCUT2D eigenvalue weighted by Gasteiger charge is -2.30. The van der Waals surface area contributed by atoms with Crippen LogP contribution in [0.15, 0.2) is 54.6 Å². The van der Waals surface area contributed by atoms with Crippen molar-refractivity contribution in [1.29, 1.82) is 0 Å². The van der Waals surface area contributed by atoms with Gasteiger partial charge in [-0.3, -0.25) is 0 Å². The Labute approximate surface area is 137 Å². The monoisotopic (exact) mass is 313 g/mol. The van der Waals surface area contributed by atoms with Crippen LogP contribution in [0.1, 0.15) is 44.1 Å². The summed E-state index contributed by atoms with van der Waals surface area (Å²) >= 11 is 0. The quantitative estimate of drug-likeness (QED) is 0.545. The zero-order valence-corrected chi connectivity index (χ0v) is 13.5. The molecule has 1 fully saturated rings. The Balaban J connectivity index is 1.77. The summed E-state index contributed by atoms with van der Waals surface area (Å²) in [6.45, 7) is 0.724. The first-order valence-electron chi connectivity index (χ1n) is 8.55. The zero-order chi connectivity index (χ0) is 15.9. The van der Waals surface area contributed by atoms with E-state index in [1.807, 2.05) is 24.3 Å². The van der Waals surface area contributed by atoms with E-state index in [0.717, 1.165) is 19.4 Å². The highest BCUT2D eigenvalue weighted by molar-refractivity contribution is 5.22. The number of hydroxylamine groups is 2. The van der Waals surface area contributed by atoms with Crippen LogP contribution < -0.4 is 4.84 Å². The van der Waals surface area contributed by atoms with Gasteiger partial charge in [0, 0.05) is 12.1 Å². The summed E-state index contributed by atoms with van der Waals surface area (Å²) in [4.78, 5) is 6.09. The van der Waals surface area contributed by atoms with Crippen LogP contribution in [0.5, 0.6) is 5.75 Å². The average Bonchev–Trinajstić information content (AvgIpc) is 2.84. The van der Waals surface area contributed by atoms with Gasteiger partial charge in [0.2, 0.25) is 0 Å².